The van der Waals surface area contributed by atoms with Crippen LogP contribution in [0.2, 0.25) is 0 Å². The second kappa shape index (κ2) is 5.60. The summed E-state index contributed by atoms with van der Waals surface area (Å²) in [7, 11) is 0. The number of phenolic OH excluding ortho intramolecular Hbond substituents is 1. The van der Waals surface area contributed by atoms with E-state index in [2.05, 4.69) is 0 Å². The van der Waals surface area contributed by atoms with Gasteiger partial charge in [-0.05, 0) is 41.8 Å². The molecule has 0 saturated carbocycles. The molecule has 0 bridgehead atoms. The van der Waals surface area contributed by atoms with Crippen molar-refractivity contribution < 1.29 is 13.9 Å². The highest BCUT2D eigenvalue weighted by atomic mass is 19.1. The molecule has 0 amide bonds. The summed E-state index contributed by atoms with van der Waals surface area (Å²) in [4.78, 5) is 0. The molecular formula is C19H14F2O. The molecule has 0 atom stereocenters. The first-order valence-corrected chi connectivity index (χ1v) is 6.90. The minimum absolute atomic E-state index is 0.301. The highest BCUT2D eigenvalue weighted by molar-refractivity contribution is 5.71. The lowest BCUT2D eigenvalue weighted by Gasteiger charge is -2.08. The molecular weight excluding hydrogens is 282 g/mol. The van der Waals surface area contributed by atoms with Gasteiger partial charge in [0, 0.05) is 5.56 Å². The van der Waals surface area contributed by atoms with Gasteiger partial charge in [-0.2, -0.15) is 0 Å². The SMILES string of the molecule is Cc1ccc(-c2ccc(-c3ccc(O)c(F)c3)c(F)c2)cc1. The zero-order valence-corrected chi connectivity index (χ0v) is 12.0. The molecule has 0 aliphatic rings. The van der Waals surface area contributed by atoms with Crippen molar-refractivity contribution in [3.8, 4) is 28.0 Å². The van der Waals surface area contributed by atoms with Gasteiger partial charge in [0.25, 0.3) is 0 Å². The van der Waals surface area contributed by atoms with Crippen molar-refractivity contribution in [2.75, 3.05) is 0 Å². The Bertz CT molecular complexity index is 823. The van der Waals surface area contributed by atoms with Crippen LogP contribution in [0.5, 0.6) is 5.75 Å². The van der Waals surface area contributed by atoms with Crippen molar-refractivity contribution in [2.24, 2.45) is 0 Å². The molecule has 0 aliphatic carbocycles. The van der Waals surface area contributed by atoms with Gasteiger partial charge < -0.3 is 5.11 Å². The average molecular weight is 296 g/mol. The third kappa shape index (κ3) is 2.70. The number of phenols is 1. The molecule has 3 aromatic carbocycles. The minimum atomic E-state index is -0.764. The Hall–Kier alpha value is -2.68. The highest BCUT2D eigenvalue weighted by Crippen LogP contribution is 2.30. The first-order valence-electron chi connectivity index (χ1n) is 6.90. The Labute approximate surface area is 127 Å². The Balaban J connectivity index is 2.01. The zero-order valence-electron chi connectivity index (χ0n) is 12.0. The van der Waals surface area contributed by atoms with Gasteiger partial charge in [0.1, 0.15) is 5.82 Å². The average Bonchev–Trinajstić information content (AvgIpc) is 2.51. The highest BCUT2D eigenvalue weighted by Gasteiger charge is 2.10. The lowest BCUT2D eigenvalue weighted by atomic mass is 9.99. The lowest BCUT2D eigenvalue weighted by molar-refractivity contribution is 0.432. The number of rotatable bonds is 2. The Morgan fingerprint density at radius 3 is 1.91 bits per heavy atom. The van der Waals surface area contributed by atoms with Gasteiger partial charge in [-0.25, -0.2) is 8.78 Å². The number of hydrogen-bond donors (Lipinski definition) is 1. The normalized spacial score (nSPS) is 10.7. The maximum Gasteiger partial charge on any atom is 0.165 e. The van der Waals surface area contributed by atoms with Crippen LogP contribution in [0.1, 0.15) is 5.56 Å². The van der Waals surface area contributed by atoms with Crippen molar-refractivity contribution in [1.29, 1.82) is 0 Å². The van der Waals surface area contributed by atoms with Gasteiger partial charge in [-0.3, -0.25) is 0 Å². The van der Waals surface area contributed by atoms with E-state index in [1.54, 1.807) is 12.1 Å². The lowest BCUT2D eigenvalue weighted by Crippen LogP contribution is -1.88. The molecule has 0 fully saturated rings. The van der Waals surface area contributed by atoms with E-state index in [9.17, 15) is 13.9 Å². The fourth-order valence-electron chi connectivity index (χ4n) is 2.35. The summed E-state index contributed by atoms with van der Waals surface area (Å²) < 4.78 is 27.8. The number of halogens is 2. The van der Waals surface area contributed by atoms with E-state index in [4.69, 9.17) is 0 Å². The molecule has 1 N–H and O–H groups in total. The predicted octanol–water partition coefficient (Wildman–Crippen LogP) is 5.31. The summed E-state index contributed by atoms with van der Waals surface area (Å²) >= 11 is 0. The molecule has 0 spiro atoms. The van der Waals surface area contributed by atoms with Crippen LogP contribution in [0.15, 0.2) is 60.7 Å². The summed E-state index contributed by atoms with van der Waals surface area (Å²) in [6, 6.07) is 16.5. The van der Waals surface area contributed by atoms with Crippen molar-refractivity contribution in [1.82, 2.24) is 0 Å². The first-order chi connectivity index (χ1) is 10.5. The van der Waals surface area contributed by atoms with Crippen LogP contribution in [0.3, 0.4) is 0 Å². The topological polar surface area (TPSA) is 20.2 Å². The standard InChI is InChI=1S/C19H14F2O/c1-12-2-4-13(5-3-12)14-6-8-16(17(20)10-14)15-7-9-19(22)18(21)11-15/h2-11,22H,1H3. The zero-order chi connectivity index (χ0) is 15.7. The molecule has 1 nitrogen and oxygen atoms in total. The molecule has 3 heteroatoms. The van der Waals surface area contributed by atoms with E-state index in [1.807, 2.05) is 31.2 Å². The molecule has 3 aromatic rings. The maximum absolute atomic E-state index is 14.3. The first kappa shape index (κ1) is 14.3. The number of aromatic hydroxyl groups is 1. The third-order valence-corrected chi connectivity index (χ3v) is 3.61. The second-order valence-corrected chi connectivity index (χ2v) is 5.23. The summed E-state index contributed by atoms with van der Waals surface area (Å²) in [5, 5.41) is 9.21. The predicted molar refractivity (Wildman–Crippen MR) is 83.6 cm³/mol. The van der Waals surface area contributed by atoms with Gasteiger partial charge in [0.05, 0.1) is 0 Å². The minimum Gasteiger partial charge on any atom is -0.505 e. The van der Waals surface area contributed by atoms with Crippen LogP contribution in [0.25, 0.3) is 22.3 Å². The largest absolute Gasteiger partial charge is 0.505 e. The van der Waals surface area contributed by atoms with Gasteiger partial charge in [-0.1, -0.05) is 48.0 Å². The van der Waals surface area contributed by atoms with Gasteiger partial charge >= 0.3 is 0 Å². The Morgan fingerprint density at radius 2 is 1.27 bits per heavy atom. The van der Waals surface area contributed by atoms with Crippen molar-refractivity contribution >= 4 is 0 Å². The second-order valence-electron chi connectivity index (χ2n) is 5.23. The summed E-state index contributed by atoms with van der Waals surface area (Å²) in [6.45, 7) is 1.99. The van der Waals surface area contributed by atoms with Crippen molar-refractivity contribution in [3.63, 3.8) is 0 Å². The number of benzene rings is 3. The summed E-state index contributed by atoms with van der Waals surface area (Å²) in [5.74, 6) is -1.64. The smallest absolute Gasteiger partial charge is 0.165 e. The van der Waals surface area contributed by atoms with E-state index in [1.165, 1.54) is 18.2 Å². The monoisotopic (exact) mass is 296 g/mol. The van der Waals surface area contributed by atoms with Gasteiger partial charge in [0.15, 0.2) is 11.6 Å². The molecule has 0 aliphatic heterocycles. The molecule has 3 rings (SSSR count). The van der Waals surface area contributed by atoms with Crippen molar-refractivity contribution in [3.05, 3.63) is 77.9 Å². The van der Waals surface area contributed by atoms with Crippen LogP contribution in [-0.2, 0) is 0 Å². The molecule has 0 aromatic heterocycles. The molecule has 0 heterocycles. The van der Waals surface area contributed by atoms with E-state index in [0.29, 0.717) is 11.1 Å². The Morgan fingerprint density at radius 1 is 0.682 bits per heavy atom. The van der Waals surface area contributed by atoms with E-state index >= 15 is 0 Å². The van der Waals surface area contributed by atoms with Crippen LogP contribution in [0, 0.1) is 18.6 Å². The number of aryl methyl sites for hydroxylation is 1. The van der Waals surface area contributed by atoms with Gasteiger partial charge in [0.2, 0.25) is 0 Å². The van der Waals surface area contributed by atoms with Crippen LogP contribution in [-0.4, -0.2) is 5.11 Å². The molecule has 0 radical (unpaired) electrons. The van der Waals surface area contributed by atoms with Gasteiger partial charge in [-0.15, -0.1) is 0 Å². The van der Waals surface area contributed by atoms with Crippen molar-refractivity contribution in [2.45, 2.75) is 6.92 Å². The number of hydrogen-bond acceptors (Lipinski definition) is 1. The molecule has 110 valence electrons. The van der Waals surface area contributed by atoms with E-state index in [-0.39, 0.29) is 0 Å². The molecule has 0 unspecified atom stereocenters. The molecule has 0 saturated heterocycles. The van der Waals surface area contributed by atoms with Crippen LogP contribution < -0.4 is 0 Å². The summed E-state index contributed by atoms with van der Waals surface area (Å²) in [6.07, 6.45) is 0. The van der Waals surface area contributed by atoms with Crippen LogP contribution >= 0.6 is 0 Å². The quantitative estimate of drug-likeness (QED) is 0.679. The maximum atomic E-state index is 14.3. The van der Waals surface area contributed by atoms with E-state index < -0.39 is 17.4 Å². The van der Waals surface area contributed by atoms with E-state index in [0.717, 1.165) is 22.8 Å². The third-order valence-electron chi connectivity index (χ3n) is 3.61. The fraction of sp³-hybridized carbons (Fsp3) is 0.0526. The fourth-order valence-corrected chi connectivity index (χ4v) is 2.35. The summed E-state index contributed by atoms with van der Waals surface area (Å²) in [5.41, 5.74) is 3.52. The molecule has 22 heavy (non-hydrogen) atoms. The van der Waals surface area contributed by atoms with Crippen LogP contribution in [0.4, 0.5) is 8.78 Å². The Kier molecular flexibility index (Phi) is 3.63.